The van der Waals surface area contributed by atoms with Crippen LogP contribution in [0, 0.1) is 17.3 Å². The van der Waals surface area contributed by atoms with Gasteiger partial charge in [0.25, 0.3) is 0 Å². The summed E-state index contributed by atoms with van der Waals surface area (Å²) in [6, 6.07) is 57.1. The van der Waals surface area contributed by atoms with Crippen molar-refractivity contribution in [1.82, 2.24) is 0 Å². The molecule has 1 aliphatic carbocycles. The molecule has 8 rings (SSSR count). The number of hydrogen-bond acceptors (Lipinski definition) is 2. The number of hydrogen-bond donors (Lipinski definition) is 2. The molecule has 1 unspecified atom stereocenters. The van der Waals surface area contributed by atoms with E-state index in [1.54, 1.807) is 0 Å². The van der Waals surface area contributed by atoms with Crippen LogP contribution in [0.15, 0.2) is 198 Å². The van der Waals surface area contributed by atoms with Crippen molar-refractivity contribution in [3.8, 4) is 55.6 Å². The van der Waals surface area contributed by atoms with Gasteiger partial charge in [-0.1, -0.05) is 243 Å². The monoisotopic (exact) mass is 1090 g/mol. The summed E-state index contributed by atoms with van der Waals surface area (Å²) in [5.41, 5.74) is 17.6. The molecular weight excluding hydrogens is 989 g/mol. The summed E-state index contributed by atoms with van der Waals surface area (Å²) in [6.45, 7) is 34.2. The van der Waals surface area contributed by atoms with Crippen LogP contribution in [0.25, 0.3) is 67.3 Å². The van der Waals surface area contributed by atoms with Gasteiger partial charge in [0, 0.05) is 9.79 Å². The lowest BCUT2D eigenvalue weighted by atomic mass is 9.71. The Bertz CT molecular complexity index is 3040. The first-order valence-electron chi connectivity index (χ1n) is 30.0. The third kappa shape index (κ3) is 21.3. The van der Waals surface area contributed by atoms with Crippen molar-refractivity contribution < 1.29 is 0 Å². The molecule has 0 heterocycles. The number of allylic oxidation sites excluding steroid dienone is 6. The zero-order valence-electron chi connectivity index (χ0n) is 51.7. The summed E-state index contributed by atoms with van der Waals surface area (Å²) in [5.74, 6) is 1.11. The van der Waals surface area contributed by atoms with Gasteiger partial charge in [-0.15, -0.1) is 25.3 Å². The van der Waals surface area contributed by atoms with Gasteiger partial charge in [-0.05, 0) is 219 Å². The maximum absolute atomic E-state index is 4.64. The first-order valence-corrected chi connectivity index (χ1v) is 30.9. The molecule has 7 aromatic carbocycles. The van der Waals surface area contributed by atoms with Crippen LogP contribution in [0.3, 0.4) is 0 Å². The molecule has 0 N–H and O–H groups in total. The molecule has 0 saturated heterocycles. The van der Waals surface area contributed by atoms with E-state index in [4.69, 9.17) is 0 Å². The SMILES string of the molecule is C/C=C\C=C/C.CC.CC.CC(C)C.CC=CC(C)(C)C1C=c2c(-c3cc(-c4ccc(S)cc4)cc(-c4ccc(CCCC)cc4)c3)cccc2=C(c2cc(-c3ccc(S)cc3)cc(-c3ccc(CCCC)cc3)c2)C1.CCC. The van der Waals surface area contributed by atoms with Gasteiger partial charge >= 0.3 is 0 Å². The summed E-state index contributed by atoms with van der Waals surface area (Å²) in [4.78, 5) is 1.93. The Labute approximate surface area is 493 Å². The molecule has 0 fully saturated rings. The standard InChI is InChI=1S/C60H60S2.C6H10.C4H10.C3H8.2C2H6/c1-6-9-12-41-16-20-43(21-17-41)47-33-48(45-24-28-54(61)29-25-45)36-51(35-47)56-14-11-15-57-58(39-53(40-59(56)57)60(4,5)32-8-3)52-37-49(44-22-18-42(19-23-44)13-10-7-2)34-50(38-52)46-26-30-55(62)31-27-46;1-3-5-6-4-2;1-4(2)3;1-3-2;2*1-2/h8,11,14-38,40,53,61-62H,6-7,9-10,12-13,39H2,1-5H3;3-6H,1-2H3;4H,1-3H3;3H2,1-2H3;2*1-2H3/b;5-3-,6-4-;;;;. The highest BCUT2D eigenvalue weighted by molar-refractivity contribution is 7.80. The predicted molar refractivity (Wildman–Crippen MR) is 364 cm³/mol. The second-order valence-corrected chi connectivity index (χ2v) is 22.4. The lowest BCUT2D eigenvalue weighted by Crippen LogP contribution is -2.37. The van der Waals surface area contributed by atoms with Crippen molar-refractivity contribution in [2.45, 2.75) is 172 Å². The molecule has 0 spiro atoms. The summed E-state index contributed by atoms with van der Waals surface area (Å²) < 4.78 is 0. The van der Waals surface area contributed by atoms with Gasteiger partial charge in [-0.25, -0.2) is 0 Å². The molecule has 1 aliphatic rings. The van der Waals surface area contributed by atoms with Gasteiger partial charge in [-0.3, -0.25) is 0 Å². The Morgan fingerprint density at radius 1 is 0.481 bits per heavy atom. The maximum Gasteiger partial charge on any atom is 0.00404 e. The van der Waals surface area contributed by atoms with Gasteiger partial charge in [0.2, 0.25) is 0 Å². The molecule has 79 heavy (non-hydrogen) atoms. The van der Waals surface area contributed by atoms with Crippen molar-refractivity contribution in [1.29, 1.82) is 0 Å². The lowest BCUT2D eigenvalue weighted by Gasteiger charge is -2.33. The van der Waals surface area contributed by atoms with Crippen LogP contribution in [0.4, 0.5) is 0 Å². The Balaban J connectivity index is 0.000000854. The molecule has 0 aliphatic heterocycles. The van der Waals surface area contributed by atoms with Crippen LogP contribution in [-0.2, 0) is 12.8 Å². The second-order valence-electron chi connectivity index (χ2n) is 21.3. The lowest BCUT2D eigenvalue weighted by molar-refractivity contribution is 0.364. The zero-order chi connectivity index (χ0) is 58.3. The van der Waals surface area contributed by atoms with Crippen molar-refractivity contribution in [3.05, 3.63) is 215 Å². The minimum atomic E-state index is -0.0664. The van der Waals surface area contributed by atoms with E-state index < -0.39 is 0 Å². The van der Waals surface area contributed by atoms with Gasteiger partial charge in [0.05, 0.1) is 0 Å². The average Bonchev–Trinajstić information content (AvgIpc) is 3.56. The number of fused-ring (bicyclic) bond motifs is 1. The Morgan fingerprint density at radius 2 is 0.835 bits per heavy atom. The van der Waals surface area contributed by atoms with Crippen LogP contribution < -0.4 is 10.4 Å². The van der Waals surface area contributed by atoms with Crippen LogP contribution in [0.5, 0.6) is 0 Å². The number of benzene rings is 7. The van der Waals surface area contributed by atoms with Crippen LogP contribution in [0.2, 0.25) is 0 Å². The minimum Gasteiger partial charge on any atom is -0.143 e. The van der Waals surface area contributed by atoms with Crippen molar-refractivity contribution in [2.24, 2.45) is 17.3 Å². The van der Waals surface area contributed by atoms with Gasteiger partial charge in [0.1, 0.15) is 0 Å². The average molecular weight is 1090 g/mol. The number of unbranched alkanes of at least 4 members (excludes halogenated alkanes) is 2. The number of thiol groups is 2. The van der Waals surface area contributed by atoms with Gasteiger partial charge in [0.15, 0.2) is 0 Å². The normalized spacial score (nSPS) is 12.6. The maximum atomic E-state index is 4.64. The van der Waals surface area contributed by atoms with Crippen molar-refractivity contribution in [3.63, 3.8) is 0 Å². The summed E-state index contributed by atoms with van der Waals surface area (Å²) >= 11 is 9.27. The summed E-state index contributed by atoms with van der Waals surface area (Å²) in [6.07, 6.45) is 24.5. The van der Waals surface area contributed by atoms with Crippen LogP contribution in [-0.4, -0.2) is 0 Å². The van der Waals surface area contributed by atoms with Gasteiger partial charge < -0.3 is 0 Å². The molecule has 0 aromatic heterocycles. The Morgan fingerprint density at radius 3 is 1.19 bits per heavy atom. The predicted octanol–water partition coefficient (Wildman–Crippen LogP) is 23.2. The third-order valence-electron chi connectivity index (χ3n) is 13.4. The van der Waals surface area contributed by atoms with E-state index in [1.807, 2.05) is 65.8 Å². The largest absolute Gasteiger partial charge is 0.143 e. The van der Waals surface area contributed by atoms with E-state index >= 15 is 0 Å². The fourth-order valence-corrected chi connectivity index (χ4v) is 9.72. The fraction of sp³-hybridized carbons (Fsp3) is 0.351. The molecule has 7 aromatic rings. The first-order chi connectivity index (χ1) is 38.2. The van der Waals surface area contributed by atoms with Crippen LogP contribution >= 0.6 is 25.3 Å². The summed E-state index contributed by atoms with van der Waals surface area (Å²) in [7, 11) is 0. The van der Waals surface area contributed by atoms with E-state index in [9.17, 15) is 0 Å². The van der Waals surface area contributed by atoms with E-state index in [0.29, 0.717) is 0 Å². The zero-order valence-corrected chi connectivity index (χ0v) is 53.5. The van der Waals surface area contributed by atoms with E-state index in [0.717, 1.165) is 35.0 Å². The Hall–Kier alpha value is -5.80. The van der Waals surface area contributed by atoms with E-state index in [1.165, 1.54) is 120 Å². The quantitative estimate of drug-likeness (QED) is 0.0571. The molecule has 420 valence electrons. The molecule has 0 amide bonds. The highest BCUT2D eigenvalue weighted by Gasteiger charge is 2.29. The molecule has 1 atom stereocenters. The van der Waals surface area contributed by atoms with Gasteiger partial charge in [-0.2, -0.15) is 0 Å². The smallest absolute Gasteiger partial charge is 0.00404 e. The Kier molecular flexibility index (Phi) is 31.1. The van der Waals surface area contributed by atoms with E-state index in [2.05, 4.69) is 264 Å². The minimum absolute atomic E-state index is 0.0664. The molecule has 0 saturated carbocycles. The highest BCUT2D eigenvalue weighted by Crippen LogP contribution is 2.41. The highest BCUT2D eigenvalue weighted by atomic mass is 32.1. The molecule has 0 bridgehead atoms. The molecule has 2 heteroatoms. The van der Waals surface area contributed by atoms with Crippen molar-refractivity contribution >= 4 is 36.9 Å². The first kappa shape index (κ1) is 67.5. The molecular formula is C77H100S2. The summed E-state index contributed by atoms with van der Waals surface area (Å²) in [5, 5.41) is 2.62. The van der Waals surface area contributed by atoms with Crippen LogP contribution in [0.1, 0.15) is 166 Å². The van der Waals surface area contributed by atoms with E-state index in [-0.39, 0.29) is 11.3 Å². The third-order valence-corrected chi connectivity index (χ3v) is 14.0. The number of rotatable bonds is 15. The molecule has 0 nitrogen and oxygen atoms in total. The number of aryl methyl sites for hydroxylation is 2. The topological polar surface area (TPSA) is 0 Å². The van der Waals surface area contributed by atoms with Crippen molar-refractivity contribution in [2.75, 3.05) is 0 Å². The molecule has 0 radical (unpaired) electrons. The fourth-order valence-electron chi connectivity index (χ4n) is 9.43. The second kappa shape index (κ2) is 36.5.